The summed E-state index contributed by atoms with van der Waals surface area (Å²) in [6.45, 7) is 0.365. The van der Waals surface area contributed by atoms with E-state index in [2.05, 4.69) is 25.9 Å². The van der Waals surface area contributed by atoms with Crippen LogP contribution in [0.15, 0.2) is 28.7 Å². The van der Waals surface area contributed by atoms with Crippen molar-refractivity contribution in [3.05, 3.63) is 34.4 Å². The van der Waals surface area contributed by atoms with Crippen LogP contribution in [0.2, 0.25) is 0 Å². The maximum atomic E-state index is 5.87. The van der Waals surface area contributed by atoms with Crippen LogP contribution < -0.4 is 10.5 Å². The maximum absolute atomic E-state index is 5.87. The van der Waals surface area contributed by atoms with Crippen molar-refractivity contribution in [2.75, 3.05) is 20.0 Å². The summed E-state index contributed by atoms with van der Waals surface area (Å²) in [6.07, 6.45) is 0. The molecule has 0 aliphatic carbocycles. The monoisotopic (exact) mass is 323 g/mol. The summed E-state index contributed by atoms with van der Waals surface area (Å²) in [5.74, 6) is 1.68. The Kier molecular flexibility index (Phi) is 4.34. The Morgan fingerprint density at radius 1 is 1.26 bits per heavy atom. The topological polar surface area (TPSA) is 70.3 Å². The molecule has 0 saturated heterocycles. The van der Waals surface area contributed by atoms with E-state index in [1.165, 1.54) is 0 Å². The van der Waals surface area contributed by atoms with Crippen molar-refractivity contribution in [3.63, 3.8) is 0 Å². The summed E-state index contributed by atoms with van der Waals surface area (Å²) in [4.78, 5) is 8.72. The summed E-state index contributed by atoms with van der Waals surface area (Å²) in [7, 11) is 3.22. The van der Waals surface area contributed by atoms with Gasteiger partial charge in [-0.15, -0.1) is 0 Å². The highest BCUT2D eigenvalue weighted by Gasteiger charge is 2.11. The summed E-state index contributed by atoms with van der Waals surface area (Å²) < 4.78 is 11.0. The Bertz CT molecular complexity index is 590. The maximum Gasteiger partial charge on any atom is 0.162 e. The van der Waals surface area contributed by atoms with E-state index in [9.17, 15) is 0 Å². The van der Waals surface area contributed by atoms with Crippen molar-refractivity contribution in [1.82, 2.24) is 9.97 Å². The smallest absolute Gasteiger partial charge is 0.162 e. The first-order chi connectivity index (χ1) is 9.15. The fraction of sp³-hybridized carbons (Fsp3) is 0.231. The molecule has 1 heterocycles. The van der Waals surface area contributed by atoms with Gasteiger partial charge >= 0.3 is 0 Å². The van der Waals surface area contributed by atoms with Gasteiger partial charge < -0.3 is 15.2 Å². The number of benzene rings is 1. The molecule has 0 amide bonds. The standard InChI is InChI=1S/C13H14BrN3O2/c1-18-7-10-11(14)12(15)17-13(16-10)8-4-3-5-9(6-8)19-2/h3-6H,7H2,1-2H3,(H2,15,16,17). The summed E-state index contributed by atoms with van der Waals surface area (Å²) >= 11 is 3.36. The van der Waals surface area contributed by atoms with Crippen molar-refractivity contribution in [2.24, 2.45) is 0 Å². The van der Waals surface area contributed by atoms with E-state index in [0.29, 0.717) is 28.4 Å². The molecule has 0 radical (unpaired) electrons. The summed E-state index contributed by atoms with van der Waals surface area (Å²) in [5.41, 5.74) is 7.43. The predicted molar refractivity (Wildman–Crippen MR) is 76.8 cm³/mol. The largest absolute Gasteiger partial charge is 0.497 e. The lowest BCUT2D eigenvalue weighted by molar-refractivity contribution is 0.181. The normalized spacial score (nSPS) is 10.5. The average Bonchev–Trinajstić information content (AvgIpc) is 2.44. The van der Waals surface area contributed by atoms with E-state index in [4.69, 9.17) is 15.2 Å². The average molecular weight is 324 g/mol. The van der Waals surface area contributed by atoms with E-state index in [-0.39, 0.29) is 0 Å². The van der Waals surface area contributed by atoms with E-state index in [0.717, 1.165) is 11.3 Å². The number of hydrogen-bond donors (Lipinski definition) is 1. The van der Waals surface area contributed by atoms with Gasteiger partial charge in [-0.05, 0) is 28.1 Å². The summed E-state index contributed by atoms with van der Waals surface area (Å²) in [5, 5.41) is 0. The van der Waals surface area contributed by atoms with Crippen molar-refractivity contribution in [1.29, 1.82) is 0 Å². The van der Waals surface area contributed by atoms with Gasteiger partial charge in [0.15, 0.2) is 5.82 Å². The third kappa shape index (κ3) is 3.02. The van der Waals surface area contributed by atoms with Gasteiger partial charge in [-0.25, -0.2) is 9.97 Å². The number of nitrogens with zero attached hydrogens (tertiary/aromatic N) is 2. The quantitative estimate of drug-likeness (QED) is 0.936. The molecule has 1 aromatic carbocycles. The summed E-state index contributed by atoms with van der Waals surface area (Å²) in [6, 6.07) is 7.51. The highest BCUT2D eigenvalue weighted by molar-refractivity contribution is 9.10. The van der Waals surface area contributed by atoms with Gasteiger partial charge in [-0.1, -0.05) is 12.1 Å². The van der Waals surface area contributed by atoms with Crippen LogP contribution in [0.5, 0.6) is 5.75 Å². The van der Waals surface area contributed by atoms with Crippen LogP contribution in [0.4, 0.5) is 5.82 Å². The Labute approximate surface area is 119 Å². The van der Waals surface area contributed by atoms with Crippen LogP contribution in [0.3, 0.4) is 0 Å². The zero-order chi connectivity index (χ0) is 13.8. The molecule has 0 aliphatic heterocycles. The Morgan fingerprint density at radius 3 is 2.74 bits per heavy atom. The molecule has 2 N–H and O–H groups in total. The van der Waals surface area contributed by atoms with Gasteiger partial charge in [-0.2, -0.15) is 0 Å². The number of anilines is 1. The van der Waals surface area contributed by atoms with Gasteiger partial charge in [0.2, 0.25) is 0 Å². The molecule has 6 heteroatoms. The second-order valence-electron chi connectivity index (χ2n) is 3.86. The molecule has 100 valence electrons. The Balaban J connectivity index is 2.49. The third-order valence-electron chi connectivity index (χ3n) is 2.55. The van der Waals surface area contributed by atoms with Crippen molar-refractivity contribution >= 4 is 21.7 Å². The van der Waals surface area contributed by atoms with Crippen molar-refractivity contribution in [3.8, 4) is 17.1 Å². The molecule has 2 aromatic rings. The first-order valence-corrected chi connectivity index (χ1v) is 6.40. The second-order valence-corrected chi connectivity index (χ2v) is 4.65. The fourth-order valence-corrected chi connectivity index (χ4v) is 1.93. The van der Waals surface area contributed by atoms with Crippen molar-refractivity contribution < 1.29 is 9.47 Å². The van der Waals surface area contributed by atoms with E-state index >= 15 is 0 Å². The van der Waals surface area contributed by atoms with Crippen LogP contribution >= 0.6 is 15.9 Å². The molecule has 0 saturated carbocycles. The van der Waals surface area contributed by atoms with Crippen molar-refractivity contribution in [2.45, 2.75) is 6.61 Å². The van der Waals surface area contributed by atoms with Crippen LogP contribution in [0.1, 0.15) is 5.69 Å². The number of hydrogen-bond acceptors (Lipinski definition) is 5. The minimum Gasteiger partial charge on any atom is -0.497 e. The SMILES string of the molecule is COCc1nc(-c2cccc(OC)c2)nc(N)c1Br. The first kappa shape index (κ1) is 13.8. The molecule has 0 atom stereocenters. The second kappa shape index (κ2) is 5.99. The lowest BCUT2D eigenvalue weighted by atomic mass is 10.2. The number of methoxy groups -OCH3 is 2. The first-order valence-electron chi connectivity index (χ1n) is 5.61. The van der Waals surface area contributed by atoms with E-state index in [1.54, 1.807) is 14.2 Å². The van der Waals surface area contributed by atoms with Crippen LogP contribution in [0.25, 0.3) is 11.4 Å². The fourth-order valence-electron chi connectivity index (χ4n) is 1.64. The number of halogens is 1. The van der Waals surface area contributed by atoms with Gasteiger partial charge in [0.05, 0.1) is 23.9 Å². The lowest BCUT2D eigenvalue weighted by Crippen LogP contribution is -2.03. The molecule has 0 unspecified atom stereocenters. The molecule has 1 aromatic heterocycles. The molecule has 2 rings (SSSR count). The van der Waals surface area contributed by atoms with Crippen LogP contribution in [-0.2, 0) is 11.3 Å². The van der Waals surface area contributed by atoms with Gasteiger partial charge in [0, 0.05) is 12.7 Å². The third-order valence-corrected chi connectivity index (χ3v) is 3.42. The number of aromatic nitrogens is 2. The van der Waals surface area contributed by atoms with Crippen LogP contribution in [-0.4, -0.2) is 24.2 Å². The molecule has 0 bridgehead atoms. The minimum atomic E-state index is 0.365. The molecular formula is C13H14BrN3O2. The molecule has 0 fully saturated rings. The van der Waals surface area contributed by atoms with Gasteiger partial charge in [0.25, 0.3) is 0 Å². The van der Waals surface area contributed by atoms with Gasteiger partial charge in [0.1, 0.15) is 11.6 Å². The Morgan fingerprint density at radius 2 is 2.05 bits per heavy atom. The number of nitrogens with two attached hydrogens (primary N) is 1. The molecular weight excluding hydrogens is 310 g/mol. The highest BCUT2D eigenvalue weighted by atomic mass is 79.9. The molecule has 0 spiro atoms. The van der Waals surface area contributed by atoms with Gasteiger partial charge in [-0.3, -0.25) is 0 Å². The molecule has 19 heavy (non-hydrogen) atoms. The molecule has 5 nitrogen and oxygen atoms in total. The number of ether oxygens (including phenoxy) is 2. The zero-order valence-corrected chi connectivity index (χ0v) is 12.3. The van der Waals surface area contributed by atoms with E-state index in [1.807, 2.05) is 24.3 Å². The van der Waals surface area contributed by atoms with E-state index < -0.39 is 0 Å². The molecule has 0 aliphatic rings. The highest BCUT2D eigenvalue weighted by Crippen LogP contribution is 2.27. The Hall–Kier alpha value is -1.66. The zero-order valence-electron chi connectivity index (χ0n) is 10.7. The number of nitrogen functional groups attached to an aromatic ring is 1. The minimum absolute atomic E-state index is 0.365. The predicted octanol–water partition coefficient (Wildman–Crippen LogP) is 2.64. The number of rotatable bonds is 4. The van der Waals surface area contributed by atoms with Crippen LogP contribution in [0, 0.1) is 0 Å². The lowest BCUT2D eigenvalue weighted by Gasteiger charge is -2.09.